The number of anilines is 2. The molecule has 2 saturated heterocycles. The highest BCUT2D eigenvalue weighted by atomic mass is 35.5. The van der Waals surface area contributed by atoms with Gasteiger partial charge in [0.1, 0.15) is 11.4 Å². The van der Waals surface area contributed by atoms with Crippen molar-refractivity contribution in [3.63, 3.8) is 0 Å². The van der Waals surface area contributed by atoms with Gasteiger partial charge in [0, 0.05) is 66.8 Å². The zero-order valence-electron chi connectivity index (χ0n) is 20.3. The standard InChI is InChI=1S/C26H26ClF4N5O2/c27-16-3-5-20(19-6-4-17(13-22(19)28)34-10-7-32-8-11-34)23(12-16)35-9-1-2-18(15-35)36-24(26(29,30)31)21(14-33-36)25(37)38/h3-6,12-14,18,32H,1-2,7-11,15H2,(H,37,38). The highest BCUT2D eigenvalue weighted by Gasteiger charge is 2.42. The van der Waals surface area contributed by atoms with Crippen molar-refractivity contribution in [1.29, 1.82) is 0 Å². The lowest BCUT2D eigenvalue weighted by molar-refractivity contribution is -0.145. The van der Waals surface area contributed by atoms with Gasteiger partial charge in [-0.1, -0.05) is 17.7 Å². The Kier molecular flexibility index (Phi) is 7.23. The van der Waals surface area contributed by atoms with Crippen LogP contribution in [0.2, 0.25) is 5.02 Å². The summed E-state index contributed by atoms with van der Waals surface area (Å²) in [4.78, 5) is 15.4. The van der Waals surface area contributed by atoms with Crippen molar-refractivity contribution < 1.29 is 27.5 Å². The predicted molar refractivity (Wildman–Crippen MR) is 137 cm³/mol. The number of aromatic carboxylic acids is 1. The lowest BCUT2D eigenvalue weighted by atomic mass is 9.98. The van der Waals surface area contributed by atoms with Gasteiger partial charge in [0.25, 0.3) is 0 Å². The zero-order chi connectivity index (χ0) is 27.0. The van der Waals surface area contributed by atoms with Crippen LogP contribution in [0.25, 0.3) is 11.1 Å². The Morgan fingerprint density at radius 2 is 1.79 bits per heavy atom. The van der Waals surface area contributed by atoms with Crippen LogP contribution in [0.15, 0.2) is 42.6 Å². The van der Waals surface area contributed by atoms with Crippen molar-refractivity contribution in [1.82, 2.24) is 15.1 Å². The molecule has 0 bridgehead atoms. The maximum atomic E-state index is 15.5. The normalized spacial score (nSPS) is 18.6. The third-order valence-corrected chi connectivity index (χ3v) is 7.30. The van der Waals surface area contributed by atoms with E-state index in [-0.39, 0.29) is 6.54 Å². The quantitative estimate of drug-likeness (QED) is 0.419. The predicted octanol–water partition coefficient (Wildman–Crippen LogP) is 5.31. The number of nitrogens with one attached hydrogen (secondary N) is 1. The fourth-order valence-corrected chi connectivity index (χ4v) is 5.45. The number of piperazine rings is 1. The molecule has 2 aromatic carbocycles. The molecule has 2 fully saturated rings. The molecule has 0 spiro atoms. The summed E-state index contributed by atoms with van der Waals surface area (Å²) in [5.74, 6) is -2.09. The molecule has 38 heavy (non-hydrogen) atoms. The Labute approximate surface area is 221 Å². The average molecular weight is 552 g/mol. The highest BCUT2D eigenvalue weighted by molar-refractivity contribution is 6.31. The number of hydrogen-bond acceptors (Lipinski definition) is 5. The van der Waals surface area contributed by atoms with Crippen LogP contribution in [0.3, 0.4) is 0 Å². The van der Waals surface area contributed by atoms with Gasteiger partial charge in [0.15, 0.2) is 5.69 Å². The van der Waals surface area contributed by atoms with Gasteiger partial charge in [-0.2, -0.15) is 18.3 Å². The van der Waals surface area contributed by atoms with Crippen LogP contribution in [0, 0.1) is 5.82 Å². The topological polar surface area (TPSA) is 73.6 Å². The SMILES string of the molecule is O=C(O)c1cnn(C2CCCN(c3cc(Cl)ccc3-c3ccc(N4CCNCC4)cc3F)C2)c1C(F)(F)F. The molecular weight excluding hydrogens is 526 g/mol. The molecule has 12 heteroatoms. The second-order valence-corrected chi connectivity index (χ2v) is 9.90. The third kappa shape index (κ3) is 5.17. The Morgan fingerprint density at radius 3 is 2.47 bits per heavy atom. The van der Waals surface area contributed by atoms with Crippen LogP contribution in [-0.2, 0) is 6.18 Å². The zero-order valence-corrected chi connectivity index (χ0v) is 21.1. The number of alkyl halides is 3. The van der Waals surface area contributed by atoms with Gasteiger partial charge < -0.3 is 20.2 Å². The Bertz CT molecular complexity index is 1340. The van der Waals surface area contributed by atoms with Crippen LogP contribution < -0.4 is 15.1 Å². The number of piperidine rings is 1. The number of carboxylic acid groups (broad SMARTS) is 1. The van der Waals surface area contributed by atoms with Gasteiger partial charge >= 0.3 is 12.1 Å². The first-order valence-electron chi connectivity index (χ1n) is 12.3. The Morgan fingerprint density at radius 1 is 1.05 bits per heavy atom. The summed E-state index contributed by atoms with van der Waals surface area (Å²) in [6.07, 6.45) is -3.24. The summed E-state index contributed by atoms with van der Waals surface area (Å²) in [5, 5.41) is 16.8. The van der Waals surface area contributed by atoms with E-state index in [0.717, 1.165) is 42.7 Å². The molecule has 1 unspecified atom stereocenters. The highest BCUT2D eigenvalue weighted by Crippen LogP contribution is 2.40. The summed E-state index contributed by atoms with van der Waals surface area (Å²) in [7, 11) is 0. The van der Waals surface area contributed by atoms with Gasteiger partial charge in [0.2, 0.25) is 0 Å². The molecule has 3 aromatic rings. The molecule has 202 valence electrons. The fourth-order valence-electron chi connectivity index (χ4n) is 5.29. The minimum Gasteiger partial charge on any atom is -0.478 e. The number of halogens is 5. The minimum absolute atomic E-state index is 0.123. The molecular formula is C26H26ClF4N5O2. The first kappa shape index (κ1) is 26.3. The first-order chi connectivity index (χ1) is 18.1. The van der Waals surface area contributed by atoms with Crippen LogP contribution in [0.1, 0.15) is 34.9 Å². The van der Waals surface area contributed by atoms with Gasteiger partial charge in [-0.15, -0.1) is 0 Å². The third-order valence-electron chi connectivity index (χ3n) is 7.06. The largest absolute Gasteiger partial charge is 0.478 e. The van der Waals surface area contributed by atoms with Crippen molar-refractivity contribution in [2.24, 2.45) is 0 Å². The second kappa shape index (κ2) is 10.5. The number of hydrogen-bond donors (Lipinski definition) is 2. The number of carbonyl (C=O) groups is 1. The van der Waals surface area contributed by atoms with Gasteiger partial charge in [0.05, 0.1) is 12.2 Å². The van der Waals surface area contributed by atoms with Crippen LogP contribution in [-0.4, -0.2) is 60.1 Å². The van der Waals surface area contributed by atoms with Crippen LogP contribution >= 0.6 is 11.6 Å². The smallest absolute Gasteiger partial charge is 0.433 e. The van der Waals surface area contributed by atoms with E-state index in [2.05, 4.69) is 15.3 Å². The number of carboxylic acids is 1. The molecule has 0 radical (unpaired) electrons. The molecule has 2 aliphatic heterocycles. The molecule has 0 saturated carbocycles. The number of nitrogens with zero attached hydrogens (tertiary/aromatic N) is 4. The van der Waals surface area contributed by atoms with Crippen molar-refractivity contribution >= 4 is 28.9 Å². The van der Waals surface area contributed by atoms with Gasteiger partial charge in [-0.25, -0.2) is 9.18 Å². The van der Waals surface area contributed by atoms with E-state index in [1.54, 1.807) is 24.3 Å². The molecule has 3 heterocycles. The molecule has 2 aliphatic rings. The van der Waals surface area contributed by atoms with Crippen molar-refractivity contribution in [3.05, 3.63) is 64.7 Å². The van der Waals surface area contributed by atoms with Gasteiger partial charge in [-0.3, -0.25) is 4.68 Å². The van der Waals surface area contributed by atoms with E-state index in [1.807, 2.05) is 11.0 Å². The van der Waals surface area contributed by atoms with Crippen LogP contribution in [0.5, 0.6) is 0 Å². The van der Waals surface area contributed by atoms with Crippen molar-refractivity contribution in [2.45, 2.75) is 25.1 Å². The van der Waals surface area contributed by atoms with E-state index in [0.29, 0.717) is 41.2 Å². The summed E-state index contributed by atoms with van der Waals surface area (Å²) < 4.78 is 57.7. The lowest BCUT2D eigenvalue weighted by Gasteiger charge is -2.36. The molecule has 1 aromatic heterocycles. The second-order valence-electron chi connectivity index (χ2n) is 9.46. The monoisotopic (exact) mass is 551 g/mol. The number of rotatable bonds is 5. The average Bonchev–Trinajstić information content (AvgIpc) is 3.36. The molecule has 2 N–H and O–H groups in total. The fraction of sp³-hybridized carbons (Fsp3) is 0.385. The Hall–Kier alpha value is -3.31. The summed E-state index contributed by atoms with van der Waals surface area (Å²) in [5.41, 5.74) is 0.148. The van der Waals surface area contributed by atoms with E-state index < -0.39 is 35.3 Å². The lowest BCUT2D eigenvalue weighted by Crippen LogP contribution is -2.43. The van der Waals surface area contributed by atoms with E-state index >= 15 is 4.39 Å². The molecule has 5 rings (SSSR count). The molecule has 0 amide bonds. The number of benzene rings is 2. The van der Waals surface area contributed by atoms with Crippen molar-refractivity contribution in [2.75, 3.05) is 49.1 Å². The molecule has 0 aliphatic carbocycles. The maximum absolute atomic E-state index is 15.5. The minimum atomic E-state index is -4.89. The van der Waals surface area contributed by atoms with Gasteiger partial charge in [-0.05, 0) is 43.2 Å². The summed E-state index contributed by atoms with van der Waals surface area (Å²) in [6, 6.07) is 9.40. The van der Waals surface area contributed by atoms with E-state index in [1.165, 1.54) is 6.07 Å². The summed E-state index contributed by atoms with van der Waals surface area (Å²) >= 11 is 6.30. The van der Waals surface area contributed by atoms with E-state index in [9.17, 15) is 23.1 Å². The number of aromatic nitrogens is 2. The first-order valence-corrected chi connectivity index (χ1v) is 12.7. The molecule has 7 nitrogen and oxygen atoms in total. The Balaban J connectivity index is 1.48. The van der Waals surface area contributed by atoms with Crippen molar-refractivity contribution in [3.8, 4) is 11.1 Å². The summed E-state index contributed by atoms with van der Waals surface area (Å²) in [6.45, 7) is 3.83. The van der Waals surface area contributed by atoms with E-state index in [4.69, 9.17) is 11.6 Å². The van der Waals surface area contributed by atoms with Crippen LogP contribution in [0.4, 0.5) is 28.9 Å². The maximum Gasteiger partial charge on any atom is 0.433 e. The molecule has 1 atom stereocenters.